The second-order valence-corrected chi connectivity index (χ2v) is 8.98. The van der Waals surface area contributed by atoms with Gasteiger partial charge in [0.1, 0.15) is 0 Å². The fraction of sp³-hybridized carbons (Fsp3) is 0.571. The van der Waals surface area contributed by atoms with Crippen molar-refractivity contribution in [3.05, 3.63) is 29.8 Å². The molecule has 0 heterocycles. The Morgan fingerprint density at radius 3 is 2.38 bits per heavy atom. The van der Waals surface area contributed by atoms with Crippen LogP contribution in [0.2, 0.25) is 0 Å². The highest BCUT2D eigenvalue weighted by Crippen LogP contribution is 2.25. The van der Waals surface area contributed by atoms with E-state index < -0.39 is 17.4 Å². The van der Waals surface area contributed by atoms with E-state index in [0.29, 0.717) is 17.0 Å². The minimum absolute atomic E-state index is 0.108. The zero-order chi connectivity index (χ0) is 22.0. The molecule has 0 aliphatic carbocycles. The molecule has 0 aliphatic rings. The van der Waals surface area contributed by atoms with E-state index in [1.54, 1.807) is 31.4 Å². The summed E-state index contributed by atoms with van der Waals surface area (Å²) in [5, 5.41) is 12.9. The van der Waals surface area contributed by atoms with E-state index in [2.05, 4.69) is 5.32 Å². The summed E-state index contributed by atoms with van der Waals surface area (Å²) in [6.07, 6.45) is 2.45. The molecule has 2 unspecified atom stereocenters. The Kier molecular flexibility index (Phi) is 10.4. The molecule has 0 saturated heterocycles. The maximum atomic E-state index is 13.1. The SMILES string of the molecule is CCCCC(CN(O)C=O)C(=O)NC(C(=O)c1ccc(SOC)cc1)C(C)(C)C. The Hall–Kier alpha value is -1.90. The van der Waals surface area contributed by atoms with Crippen LogP contribution in [0.4, 0.5) is 0 Å². The third kappa shape index (κ3) is 8.16. The molecule has 0 spiro atoms. The molecule has 0 radical (unpaired) electrons. The molecule has 0 saturated carbocycles. The topological polar surface area (TPSA) is 95.9 Å². The Morgan fingerprint density at radius 1 is 1.28 bits per heavy atom. The maximum Gasteiger partial charge on any atom is 0.233 e. The number of benzene rings is 1. The third-order valence-electron chi connectivity index (χ3n) is 4.54. The molecule has 1 rings (SSSR count). The first kappa shape index (κ1) is 25.1. The van der Waals surface area contributed by atoms with E-state index in [-0.39, 0.29) is 24.6 Å². The van der Waals surface area contributed by atoms with Crippen LogP contribution in [0.3, 0.4) is 0 Å². The third-order valence-corrected chi connectivity index (χ3v) is 5.17. The average molecular weight is 425 g/mol. The summed E-state index contributed by atoms with van der Waals surface area (Å²) in [6.45, 7) is 7.54. The minimum Gasteiger partial charge on any atom is -0.345 e. The van der Waals surface area contributed by atoms with Gasteiger partial charge in [-0.05, 0) is 24.0 Å². The number of amides is 2. The van der Waals surface area contributed by atoms with Crippen LogP contribution in [0.5, 0.6) is 0 Å². The van der Waals surface area contributed by atoms with Crippen molar-refractivity contribution in [2.75, 3.05) is 13.7 Å². The number of nitrogens with one attached hydrogen (secondary N) is 1. The quantitative estimate of drug-likeness (QED) is 0.175. The van der Waals surface area contributed by atoms with E-state index in [9.17, 15) is 19.6 Å². The Labute approximate surface area is 177 Å². The number of hydroxylamine groups is 2. The van der Waals surface area contributed by atoms with Crippen LogP contribution in [0.25, 0.3) is 0 Å². The number of hydrogen-bond acceptors (Lipinski definition) is 6. The first-order chi connectivity index (χ1) is 13.6. The van der Waals surface area contributed by atoms with Gasteiger partial charge in [0.05, 0.1) is 25.6 Å². The number of carbonyl (C=O) groups excluding carboxylic acids is 3. The molecule has 2 atom stereocenters. The molecular weight excluding hydrogens is 392 g/mol. The average Bonchev–Trinajstić information content (AvgIpc) is 2.68. The lowest BCUT2D eigenvalue weighted by molar-refractivity contribution is -0.154. The van der Waals surface area contributed by atoms with Gasteiger partial charge in [-0.2, -0.15) is 0 Å². The predicted molar refractivity (Wildman–Crippen MR) is 113 cm³/mol. The molecule has 0 aromatic heterocycles. The van der Waals surface area contributed by atoms with Crippen molar-refractivity contribution in [1.82, 2.24) is 10.4 Å². The summed E-state index contributed by atoms with van der Waals surface area (Å²) in [7, 11) is 1.57. The van der Waals surface area contributed by atoms with Crippen molar-refractivity contribution >= 4 is 30.1 Å². The zero-order valence-electron chi connectivity index (χ0n) is 17.8. The Balaban J connectivity index is 3.02. The lowest BCUT2D eigenvalue weighted by atomic mass is 9.81. The van der Waals surface area contributed by atoms with Gasteiger partial charge in [-0.25, -0.2) is 5.06 Å². The van der Waals surface area contributed by atoms with Crippen molar-refractivity contribution in [2.24, 2.45) is 11.3 Å². The second-order valence-electron chi connectivity index (χ2n) is 8.01. The number of unbranched alkanes of at least 4 members (excludes halogenated alkanes) is 1. The number of nitrogens with zero attached hydrogens (tertiary/aromatic N) is 1. The first-order valence-electron chi connectivity index (χ1n) is 9.70. The van der Waals surface area contributed by atoms with Gasteiger partial charge >= 0.3 is 0 Å². The van der Waals surface area contributed by atoms with Gasteiger partial charge in [-0.3, -0.25) is 19.6 Å². The summed E-state index contributed by atoms with van der Waals surface area (Å²) >= 11 is 1.20. The molecule has 0 aliphatic heterocycles. The van der Waals surface area contributed by atoms with Crippen LogP contribution in [0.1, 0.15) is 57.3 Å². The number of Topliss-reactive ketones (excluding diaryl/α,β-unsaturated/α-hetero) is 1. The van der Waals surface area contributed by atoms with Crippen molar-refractivity contribution < 1.29 is 23.8 Å². The van der Waals surface area contributed by atoms with Crippen molar-refractivity contribution in [1.29, 1.82) is 0 Å². The number of rotatable bonds is 12. The molecular formula is C21H32N2O5S. The van der Waals surface area contributed by atoms with E-state index >= 15 is 0 Å². The number of hydrogen-bond donors (Lipinski definition) is 2. The van der Waals surface area contributed by atoms with E-state index in [4.69, 9.17) is 4.18 Å². The van der Waals surface area contributed by atoms with Gasteiger partial charge in [0.25, 0.3) is 0 Å². The van der Waals surface area contributed by atoms with Gasteiger partial charge in [0, 0.05) is 22.5 Å². The monoisotopic (exact) mass is 424 g/mol. The highest BCUT2D eigenvalue weighted by Gasteiger charge is 2.35. The van der Waals surface area contributed by atoms with Crippen molar-refractivity contribution in [2.45, 2.75) is 57.9 Å². The molecule has 0 fully saturated rings. The van der Waals surface area contributed by atoms with Crippen LogP contribution in [-0.2, 0) is 13.8 Å². The summed E-state index contributed by atoms with van der Waals surface area (Å²) in [4.78, 5) is 37.7. The zero-order valence-corrected chi connectivity index (χ0v) is 18.6. The molecule has 7 nitrogen and oxygen atoms in total. The summed E-state index contributed by atoms with van der Waals surface area (Å²) in [5.41, 5.74) is -0.0292. The van der Waals surface area contributed by atoms with Crippen LogP contribution < -0.4 is 5.32 Å². The van der Waals surface area contributed by atoms with Gasteiger partial charge < -0.3 is 9.50 Å². The van der Waals surface area contributed by atoms with E-state index in [1.807, 2.05) is 27.7 Å². The standard InChI is InChI=1S/C21H32N2O5S/c1-6-7-8-16(13-23(27)14-24)20(26)22-19(21(2,3)4)18(25)15-9-11-17(12-10-15)29-28-5/h9-12,14,16,19,27H,6-8,13H2,1-5H3,(H,22,26). The maximum absolute atomic E-state index is 13.1. The van der Waals surface area contributed by atoms with E-state index in [1.165, 1.54) is 12.0 Å². The van der Waals surface area contributed by atoms with Gasteiger partial charge in [0.15, 0.2) is 5.78 Å². The van der Waals surface area contributed by atoms with E-state index in [0.717, 1.165) is 17.7 Å². The first-order valence-corrected chi connectivity index (χ1v) is 10.4. The molecule has 1 aromatic carbocycles. The van der Waals surface area contributed by atoms with Gasteiger partial charge in [-0.1, -0.05) is 52.7 Å². The summed E-state index contributed by atoms with van der Waals surface area (Å²) < 4.78 is 5.01. The minimum atomic E-state index is -0.747. The Morgan fingerprint density at radius 2 is 1.90 bits per heavy atom. The van der Waals surface area contributed by atoms with Crippen LogP contribution in [0.15, 0.2) is 29.2 Å². The predicted octanol–water partition coefficient (Wildman–Crippen LogP) is 3.71. The molecule has 2 N–H and O–H groups in total. The fourth-order valence-electron chi connectivity index (χ4n) is 2.90. The lowest BCUT2D eigenvalue weighted by Crippen LogP contribution is -2.52. The smallest absolute Gasteiger partial charge is 0.233 e. The van der Waals surface area contributed by atoms with Gasteiger partial charge in [0.2, 0.25) is 12.3 Å². The molecule has 1 aromatic rings. The van der Waals surface area contributed by atoms with Gasteiger partial charge in [-0.15, -0.1) is 0 Å². The lowest BCUT2D eigenvalue weighted by Gasteiger charge is -2.32. The number of ketones is 1. The Bertz CT molecular complexity index is 673. The largest absolute Gasteiger partial charge is 0.345 e. The van der Waals surface area contributed by atoms with Crippen molar-refractivity contribution in [3.63, 3.8) is 0 Å². The molecule has 162 valence electrons. The highest BCUT2D eigenvalue weighted by molar-refractivity contribution is 7.94. The second kappa shape index (κ2) is 11.9. The van der Waals surface area contributed by atoms with Crippen molar-refractivity contribution in [3.8, 4) is 0 Å². The molecule has 0 bridgehead atoms. The van der Waals surface area contributed by atoms with Crippen LogP contribution in [-0.4, -0.2) is 48.1 Å². The molecule has 8 heteroatoms. The summed E-state index contributed by atoms with van der Waals surface area (Å²) in [5.74, 6) is -1.13. The number of carbonyl (C=O) groups is 3. The molecule has 2 amide bonds. The van der Waals surface area contributed by atoms with Crippen LogP contribution >= 0.6 is 12.0 Å². The molecule has 29 heavy (non-hydrogen) atoms. The fourth-order valence-corrected chi connectivity index (χ4v) is 3.34. The van der Waals surface area contributed by atoms with Crippen LogP contribution in [0, 0.1) is 11.3 Å². The summed E-state index contributed by atoms with van der Waals surface area (Å²) in [6, 6.07) is 6.26. The normalized spacial score (nSPS) is 13.4. The highest BCUT2D eigenvalue weighted by atomic mass is 32.2.